The van der Waals surface area contributed by atoms with E-state index in [1.807, 2.05) is 0 Å². The number of esters is 1. The number of hydrogen-bond donors (Lipinski definition) is 1. The molecule has 0 unspecified atom stereocenters. The van der Waals surface area contributed by atoms with E-state index in [4.69, 9.17) is 16.3 Å². The van der Waals surface area contributed by atoms with Crippen molar-refractivity contribution in [1.29, 1.82) is 0 Å². The molecule has 1 aromatic heterocycles. The highest BCUT2D eigenvalue weighted by Gasteiger charge is 2.31. The maximum absolute atomic E-state index is 12.5. The van der Waals surface area contributed by atoms with Gasteiger partial charge in [0.2, 0.25) is 5.91 Å². The highest BCUT2D eigenvalue weighted by Crippen LogP contribution is 2.32. The Hall–Kier alpha value is -1.48. The molecule has 0 aliphatic heterocycles. The van der Waals surface area contributed by atoms with Crippen LogP contribution in [0.1, 0.15) is 19.4 Å². The van der Waals surface area contributed by atoms with Gasteiger partial charge in [-0.1, -0.05) is 11.6 Å². The summed E-state index contributed by atoms with van der Waals surface area (Å²) < 4.78 is 42.3. The molecule has 23 heavy (non-hydrogen) atoms. The van der Waals surface area contributed by atoms with E-state index in [-0.39, 0.29) is 28.5 Å². The first-order chi connectivity index (χ1) is 10.6. The molecular weight excluding hydrogens is 357 g/mol. The maximum Gasteiger partial charge on any atom is 0.417 e. The summed E-state index contributed by atoms with van der Waals surface area (Å²) in [6, 6.07) is 0.678. The zero-order chi connectivity index (χ0) is 17.6. The number of thioether (sulfide) groups is 1. The molecule has 1 amide bonds. The van der Waals surface area contributed by atoms with Crippen molar-refractivity contribution < 1.29 is 27.5 Å². The molecule has 1 rings (SSSR count). The third-order valence-electron chi connectivity index (χ3n) is 2.25. The van der Waals surface area contributed by atoms with Crippen LogP contribution in [0.5, 0.6) is 0 Å². The lowest BCUT2D eigenvalue weighted by atomic mass is 10.3. The molecule has 0 atom stereocenters. The number of pyridine rings is 1. The van der Waals surface area contributed by atoms with E-state index in [0.29, 0.717) is 12.3 Å². The molecule has 1 N–H and O–H groups in total. The number of nitrogens with zero attached hydrogens (tertiary/aromatic N) is 1. The van der Waals surface area contributed by atoms with Crippen LogP contribution >= 0.6 is 23.4 Å². The number of hydrogen-bond acceptors (Lipinski definition) is 5. The first-order valence-corrected chi connectivity index (χ1v) is 7.92. The van der Waals surface area contributed by atoms with Crippen molar-refractivity contribution in [2.24, 2.45) is 0 Å². The molecule has 1 heterocycles. The Balaban J connectivity index is 2.50. The number of carbonyl (C=O) groups excluding carboxylic acids is 2. The number of amides is 1. The lowest BCUT2D eigenvalue weighted by molar-refractivity contribution is -0.144. The SMILES string of the molecule is CC(C)OC(=O)CSCC(=O)Nc1ncc(C(F)(F)F)cc1Cl. The van der Waals surface area contributed by atoms with Crippen molar-refractivity contribution in [3.05, 3.63) is 22.8 Å². The van der Waals surface area contributed by atoms with E-state index in [9.17, 15) is 22.8 Å². The molecule has 10 heteroatoms. The lowest BCUT2D eigenvalue weighted by Gasteiger charge is -2.10. The molecule has 0 aromatic carbocycles. The number of ether oxygens (including phenoxy) is 1. The van der Waals surface area contributed by atoms with Crippen LogP contribution in [0.15, 0.2) is 12.3 Å². The van der Waals surface area contributed by atoms with E-state index in [1.165, 1.54) is 0 Å². The molecular formula is C13H14ClF3N2O3S. The highest BCUT2D eigenvalue weighted by atomic mass is 35.5. The van der Waals surface area contributed by atoms with E-state index >= 15 is 0 Å². The number of rotatable bonds is 6. The van der Waals surface area contributed by atoms with Crippen LogP contribution in [-0.4, -0.2) is 34.5 Å². The van der Waals surface area contributed by atoms with Gasteiger partial charge in [-0.2, -0.15) is 13.2 Å². The minimum Gasteiger partial charge on any atom is -0.462 e. The smallest absolute Gasteiger partial charge is 0.417 e. The Morgan fingerprint density at radius 1 is 1.39 bits per heavy atom. The fourth-order valence-corrected chi connectivity index (χ4v) is 2.18. The average Bonchev–Trinajstić information content (AvgIpc) is 2.39. The molecule has 0 aliphatic carbocycles. The molecule has 0 fully saturated rings. The van der Waals surface area contributed by atoms with Gasteiger partial charge in [-0.15, -0.1) is 11.8 Å². The zero-order valence-electron chi connectivity index (χ0n) is 12.2. The molecule has 0 saturated carbocycles. The van der Waals surface area contributed by atoms with Crippen LogP contribution in [0.25, 0.3) is 0 Å². The molecule has 0 spiro atoms. The van der Waals surface area contributed by atoms with Crippen LogP contribution in [0, 0.1) is 0 Å². The number of carbonyl (C=O) groups is 2. The quantitative estimate of drug-likeness (QED) is 0.777. The molecule has 0 aliphatic rings. The summed E-state index contributed by atoms with van der Waals surface area (Å²) in [4.78, 5) is 26.4. The Kier molecular flexibility index (Phi) is 7.14. The number of aromatic nitrogens is 1. The fraction of sp³-hybridized carbons (Fsp3) is 0.462. The van der Waals surface area contributed by atoms with Crippen molar-refractivity contribution in [3.8, 4) is 0 Å². The van der Waals surface area contributed by atoms with Gasteiger partial charge < -0.3 is 10.1 Å². The van der Waals surface area contributed by atoms with E-state index < -0.39 is 23.6 Å². The van der Waals surface area contributed by atoms with Crippen LogP contribution in [-0.2, 0) is 20.5 Å². The second-order valence-corrected chi connectivity index (χ2v) is 6.02. The van der Waals surface area contributed by atoms with E-state index in [1.54, 1.807) is 13.8 Å². The minimum atomic E-state index is -4.56. The van der Waals surface area contributed by atoms with Crippen LogP contribution in [0.4, 0.5) is 19.0 Å². The molecule has 0 bridgehead atoms. The standard InChI is InChI=1S/C13H14ClF3N2O3S/c1-7(2)22-11(21)6-23-5-10(20)19-12-9(14)3-8(4-18-12)13(15,16)17/h3-4,7H,5-6H2,1-2H3,(H,18,19,20). The molecule has 1 aromatic rings. The van der Waals surface area contributed by atoms with Crippen LogP contribution in [0.2, 0.25) is 5.02 Å². The summed E-state index contributed by atoms with van der Waals surface area (Å²) in [6.07, 6.45) is -4.23. The normalized spacial score (nSPS) is 11.4. The number of anilines is 1. The Bertz CT molecular complexity index is 582. The summed E-state index contributed by atoms with van der Waals surface area (Å²) >= 11 is 6.67. The van der Waals surface area contributed by atoms with Gasteiger partial charge in [0.15, 0.2) is 5.82 Å². The first-order valence-electron chi connectivity index (χ1n) is 6.39. The van der Waals surface area contributed by atoms with E-state index in [2.05, 4.69) is 10.3 Å². The van der Waals surface area contributed by atoms with Crippen molar-refractivity contribution in [2.75, 3.05) is 16.8 Å². The fourth-order valence-electron chi connectivity index (χ4n) is 1.38. The zero-order valence-corrected chi connectivity index (χ0v) is 13.8. The Morgan fingerprint density at radius 2 is 2.04 bits per heavy atom. The highest BCUT2D eigenvalue weighted by molar-refractivity contribution is 8.00. The third-order valence-corrected chi connectivity index (χ3v) is 3.44. The second kappa shape index (κ2) is 8.39. The number of nitrogens with one attached hydrogen (secondary N) is 1. The molecule has 128 valence electrons. The van der Waals surface area contributed by atoms with Gasteiger partial charge >= 0.3 is 12.1 Å². The third kappa shape index (κ3) is 7.08. The predicted octanol–water partition coefficient (Wildman–Crippen LogP) is 3.38. The van der Waals surface area contributed by atoms with Crippen molar-refractivity contribution in [1.82, 2.24) is 4.98 Å². The average molecular weight is 371 g/mol. The summed E-state index contributed by atoms with van der Waals surface area (Å²) in [5, 5.41) is 1.96. The van der Waals surface area contributed by atoms with Gasteiger partial charge in [0.1, 0.15) is 0 Å². The van der Waals surface area contributed by atoms with Crippen LogP contribution < -0.4 is 5.32 Å². The summed E-state index contributed by atoms with van der Waals surface area (Å²) in [7, 11) is 0. The molecule has 5 nitrogen and oxygen atoms in total. The van der Waals surface area contributed by atoms with Gasteiger partial charge in [-0.3, -0.25) is 9.59 Å². The van der Waals surface area contributed by atoms with Gasteiger partial charge in [-0.25, -0.2) is 4.98 Å². The van der Waals surface area contributed by atoms with Gasteiger partial charge in [0.25, 0.3) is 0 Å². The summed E-state index contributed by atoms with van der Waals surface area (Å²) in [5.74, 6) is -1.27. The van der Waals surface area contributed by atoms with Crippen molar-refractivity contribution >= 4 is 41.1 Å². The predicted molar refractivity (Wildman–Crippen MR) is 81.4 cm³/mol. The van der Waals surface area contributed by atoms with Gasteiger partial charge in [-0.05, 0) is 19.9 Å². The number of alkyl halides is 3. The van der Waals surface area contributed by atoms with Crippen molar-refractivity contribution in [3.63, 3.8) is 0 Å². The van der Waals surface area contributed by atoms with E-state index in [0.717, 1.165) is 11.8 Å². The summed E-state index contributed by atoms with van der Waals surface area (Å²) in [5.41, 5.74) is -1.01. The van der Waals surface area contributed by atoms with Gasteiger partial charge in [0.05, 0.1) is 28.2 Å². The molecule has 0 radical (unpaired) electrons. The topological polar surface area (TPSA) is 68.3 Å². The maximum atomic E-state index is 12.5. The van der Waals surface area contributed by atoms with Gasteiger partial charge in [0, 0.05) is 6.20 Å². The number of halogens is 4. The minimum absolute atomic E-state index is 0.0141. The van der Waals surface area contributed by atoms with Crippen molar-refractivity contribution in [2.45, 2.75) is 26.1 Å². The lowest BCUT2D eigenvalue weighted by Crippen LogP contribution is -2.18. The Morgan fingerprint density at radius 3 is 2.57 bits per heavy atom. The Labute approximate surface area is 139 Å². The molecule has 0 saturated heterocycles. The van der Waals surface area contributed by atoms with Crippen LogP contribution in [0.3, 0.4) is 0 Å². The monoisotopic (exact) mass is 370 g/mol. The second-order valence-electron chi connectivity index (χ2n) is 4.63. The largest absolute Gasteiger partial charge is 0.462 e. The summed E-state index contributed by atoms with van der Waals surface area (Å²) in [6.45, 7) is 3.40. The first kappa shape index (κ1) is 19.6.